The Morgan fingerprint density at radius 2 is 1.29 bits per heavy atom. The van der Waals surface area contributed by atoms with Crippen LogP contribution < -0.4 is 10.6 Å². The van der Waals surface area contributed by atoms with Crippen LogP contribution in [-0.4, -0.2) is 16.5 Å². The summed E-state index contributed by atoms with van der Waals surface area (Å²) in [7, 11) is -1.86. The smallest absolute Gasteiger partial charge is 0.0739 e. The summed E-state index contributed by atoms with van der Waals surface area (Å²) in [4.78, 5) is 0. The molecule has 2 aromatic carbocycles. The molecule has 0 aromatic heterocycles. The minimum absolute atomic E-state index is 0.0662. The Kier molecular flexibility index (Phi) is 9.45. The van der Waals surface area contributed by atoms with Crippen LogP contribution in [0.2, 0.25) is 0 Å². The molecule has 0 N–H and O–H groups in total. The molecule has 1 heterocycles. The van der Waals surface area contributed by atoms with Gasteiger partial charge < -0.3 is 0 Å². The normalized spacial score (nSPS) is 35.8. The van der Waals surface area contributed by atoms with E-state index in [9.17, 15) is 0 Å². The molecule has 0 radical (unpaired) electrons. The zero-order chi connectivity index (χ0) is 28.5. The monoisotopic (exact) mass is 589 g/mol. The van der Waals surface area contributed by atoms with E-state index in [4.69, 9.17) is 0 Å². The van der Waals surface area contributed by atoms with Gasteiger partial charge in [0.1, 0.15) is 0 Å². The number of benzene rings is 2. The summed E-state index contributed by atoms with van der Waals surface area (Å²) in [6.07, 6.45) is 20.4. The van der Waals surface area contributed by atoms with Crippen molar-refractivity contribution in [2.45, 2.75) is 134 Å². The largest absolute Gasteiger partial charge is 0.348 e. The van der Waals surface area contributed by atoms with Gasteiger partial charge in [-0.2, -0.15) is 0 Å². The molecule has 2 bridgehead atoms. The summed E-state index contributed by atoms with van der Waals surface area (Å²) in [6.45, 7) is 7.47. The Bertz CT molecular complexity index is 1110. The third kappa shape index (κ3) is 5.91. The fourth-order valence-electron chi connectivity index (χ4n) is 10.6. The van der Waals surface area contributed by atoms with E-state index in [-0.39, 0.29) is 10.6 Å². The van der Waals surface area contributed by atoms with Crippen LogP contribution in [0.4, 0.5) is 0 Å². The van der Waals surface area contributed by atoms with Crippen molar-refractivity contribution in [2.75, 3.05) is 0 Å². The van der Waals surface area contributed by atoms with Crippen molar-refractivity contribution in [3.05, 3.63) is 60.7 Å². The number of rotatable bonds is 4. The van der Waals surface area contributed by atoms with E-state index < -0.39 is 15.7 Å². The van der Waals surface area contributed by atoms with Crippen molar-refractivity contribution in [1.82, 2.24) is 0 Å². The van der Waals surface area contributed by atoms with Crippen LogP contribution in [0.3, 0.4) is 0 Å². The molecule has 3 saturated carbocycles. The van der Waals surface area contributed by atoms with Gasteiger partial charge in [0.2, 0.25) is 0 Å². The molecule has 4 fully saturated rings. The Balaban J connectivity index is 1.48. The van der Waals surface area contributed by atoms with Crippen LogP contribution in [0.25, 0.3) is 0 Å². The standard InChI is InChI=1S/C38H55OP2/c1-29(40(33-21-9-5-10-22-33)34-23-11-6-12-24-34)38-27-15-26-36(38)41(39)37(2,3)28-31-18-14-25-35(31)30-16-7-4-8-19-32(38)20-13-17-30/h5-6,9-12,21-24,29-32,35-36H,4,7-8,13-20,25-28H2,1-3H3/q+1. The van der Waals surface area contributed by atoms with Crippen LogP contribution in [0.15, 0.2) is 60.7 Å². The van der Waals surface area contributed by atoms with Gasteiger partial charge in [0, 0.05) is 5.41 Å². The second-order valence-electron chi connectivity index (χ2n) is 15.0. The molecule has 8 atom stereocenters. The van der Waals surface area contributed by atoms with E-state index >= 15 is 4.57 Å². The van der Waals surface area contributed by atoms with Crippen LogP contribution in [0, 0.1) is 29.1 Å². The first-order valence-electron chi connectivity index (χ1n) is 17.3. The zero-order valence-corrected chi connectivity index (χ0v) is 27.9. The first kappa shape index (κ1) is 30.0. The molecule has 1 aliphatic heterocycles. The number of hydrogen-bond donors (Lipinski definition) is 0. The number of fused-ring (bicyclic) bond motifs is 8. The molecule has 3 aliphatic carbocycles. The topological polar surface area (TPSA) is 17.1 Å². The van der Waals surface area contributed by atoms with Crippen LogP contribution >= 0.6 is 15.7 Å². The number of hydrogen-bond acceptors (Lipinski definition) is 1. The summed E-state index contributed by atoms with van der Waals surface area (Å²) in [5.41, 5.74) is 1.06. The summed E-state index contributed by atoms with van der Waals surface area (Å²) >= 11 is 0. The molecule has 222 valence electrons. The lowest BCUT2D eigenvalue weighted by atomic mass is 9.66. The van der Waals surface area contributed by atoms with Gasteiger partial charge in [-0.25, -0.2) is 0 Å². The molecule has 1 nitrogen and oxygen atoms in total. The van der Waals surface area contributed by atoms with E-state index in [1.165, 1.54) is 107 Å². The highest BCUT2D eigenvalue weighted by atomic mass is 31.1. The van der Waals surface area contributed by atoms with Gasteiger partial charge in [0.15, 0.2) is 10.8 Å². The Morgan fingerprint density at radius 1 is 0.707 bits per heavy atom. The molecule has 4 aliphatic rings. The van der Waals surface area contributed by atoms with E-state index in [0.717, 1.165) is 17.8 Å². The lowest BCUT2D eigenvalue weighted by Gasteiger charge is -2.48. The lowest BCUT2D eigenvalue weighted by molar-refractivity contribution is 0.122. The van der Waals surface area contributed by atoms with Crippen molar-refractivity contribution in [3.8, 4) is 0 Å². The van der Waals surface area contributed by atoms with Gasteiger partial charge in [0.25, 0.3) is 0 Å². The molecule has 1 saturated heterocycles. The van der Waals surface area contributed by atoms with E-state index in [0.29, 0.717) is 17.2 Å². The van der Waals surface area contributed by atoms with Gasteiger partial charge in [-0.1, -0.05) is 117 Å². The van der Waals surface area contributed by atoms with Crippen molar-refractivity contribution in [1.29, 1.82) is 0 Å². The van der Waals surface area contributed by atoms with Gasteiger partial charge >= 0.3 is 7.80 Å². The SMILES string of the molecule is CC(P(c1ccccc1)c1ccccc1)C12CCCC1[P+](=O)C(C)(C)CC1CCCC1C1CCCCCC2CCC1. The molecule has 0 amide bonds. The zero-order valence-electron chi connectivity index (χ0n) is 26.1. The minimum atomic E-state index is -1.31. The quantitative estimate of drug-likeness (QED) is 0.324. The van der Waals surface area contributed by atoms with Gasteiger partial charge in [0.05, 0.1) is 0 Å². The minimum Gasteiger partial charge on any atom is -0.0739 e. The maximum Gasteiger partial charge on any atom is 0.348 e. The average Bonchev–Trinajstić information content (AvgIpc) is 3.63. The van der Waals surface area contributed by atoms with Crippen LogP contribution in [0.1, 0.15) is 117 Å². The molecular formula is C38H55OP2+. The molecule has 0 spiro atoms. The van der Waals surface area contributed by atoms with Crippen LogP contribution in [0.5, 0.6) is 0 Å². The van der Waals surface area contributed by atoms with E-state index in [1.54, 1.807) is 0 Å². The first-order chi connectivity index (χ1) is 19.9. The maximum absolute atomic E-state index is 15.2. The highest BCUT2D eigenvalue weighted by Gasteiger charge is 2.64. The maximum atomic E-state index is 15.2. The fraction of sp³-hybridized carbons (Fsp3) is 0.684. The summed E-state index contributed by atoms with van der Waals surface area (Å²) in [5, 5.41) is 2.95. The summed E-state index contributed by atoms with van der Waals surface area (Å²) in [6, 6.07) is 22.9. The second-order valence-corrected chi connectivity index (χ2v) is 20.0. The lowest BCUT2D eigenvalue weighted by Crippen LogP contribution is -2.48. The third-order valence-corrected chi connectivity index (χ3v) is 18.1. The predicted molar refractivity (Wildman–Crippen MR) is 180 cm³/mol. The molecular weight excluding hydrogens is 534 g/mol. The molecule has 3 heteroatoms. The van der Waals surface area contributed by atoms with Crippen LogP contribution in [-0.2, 0) is 4.57 Å². The van der Waals surface area contributed by atoms with Crippen molar-refractivity contribution >= 4 is 26.3 Å². The predicted octanol–water partition coefficient (Wildman–Crippen LogP) is 10.8. The van der Waals surface area contributed by atoms with Crippen molar-refractivity contribution in [3.63, 3.8) is 0 Å². The van der Waals surface area contributed by atoms with Gasteiger partial charge in [-0.15, -0.1) is 0 Å². The second kappa shape index (κ2) is 12.9. The molecule has 2 aromatic rings. The van der Waals surface area contributed by atoms with Crippen molar-refractivity contribution < 1.29 is 4.57 Å². The fourth-order valence-corrected chi connectivity index (χ4v) is 16.6. The molecule has 8 unspecified atom stereocenters. The Morgan fingerprint density at radius 3 is 2.00 bits per heavy atom. The Labute approximate surface area is 253 Å². The highest BCUT2D eigenvalue weighted by molar-refractivity contribution is 7.73. The highest BCUT2D eigenvalue weighted by Crippen LogP contribution is 2.68. The van der Waals surface area contributed by atoms with Gasteiger partial charge in [-0.3, -0.25) is 0 Å². The van der Waals surface area contributed by atoms with Gasteiger partial charge in [-0.05, 0) is 113 Å². The van der Waals surface area contributed by atoms with E-state index in [2.05, 4.69) is 81.4 Å². The first-order valence-corrected chi connectivity index (χ1v) is 20.0. The molecule has 6 rings (SSSR count). The van der Waals surface area contributed by atoms with E-state index in [1.807, 2.05) is 0 Å². The molecule has 41 heavy (non-hydrogen) atoms. The van der Waals surface area contributed by atoms with Crippen molar-refractivity contribution in [2.24, 2.45) is 29.1 Å². The average molecular weight is 590 g/mol. The third-order valence-electron chi connectivity index (χ3n) is 12.4. The summed E-state index contributed by atoms with van der Waals surface area (Å²) in [5.74, 6) is 3.31. The summed E-state index contributed by atoms with van der Waals surface area (Å²) < 4.78 is 15.2. The Hall–Kier alpha value is -1.03.